The van der Waals surface area contributed by atoms with E-state index in [2.05, 4.69) is 30.7 Å². The maximum atomic E-state index is 10.7. The molecule has 1 heterocycles. The fraction of sp³-hybridized carbons (Fsp3) is 0.429. The van der Waals surface area contributed by atoms with Crippen LogP contribution in [0, 0.1) is 0 Å². The number of nitrogens with zero attached hydrogens (tertiary/aromatic N) is 2. The van der Waals surface area contributed by atoms with E-state index in [9.17, 15) is 14.4 Å². The topological polar surface area (TPSA) is 126 Å². The van der Waals surface area contributed by atoms with E-state index in [1.165, 1.54) is 38.1 Å². The average Bonchev–Trinajstić information content (AvgIpc) is 2.49. The van der Waals surface area contributed by atoms with Crippen LogP contribution in [0.4, 0.5) is 5.69 Å². The SMILES string of the molecule is CCN(CC)CC.NC(=O)c1cncc(NC(=O)C(=O)O)c1. The minimum absolute atomic E-state index is 0.0817. The van der Waals surface area contributed by atoms with Gasteiger partial charge in [0.05, 0.1) is 17.4 Å². The van der Waals surface area contributed by atoms with Gasteiger partial charge in [0, 0.05) is 6.20 Å². The number of anilines is 1. The second-order valence-corrected chi connectivity index (χ2v) is 4.21. The lowest BCUT2D eigenvalue weighted by Gasteiger charge is -2.13. The summed E-state index contributed by atoms with van der Waals surface area (Å²) in [5.74, 6) is -3.55. The van der Waals surface area contributed by atoms with Crippen LogP contribution in [0.5, 0.6) is 0 Å². The van der Waals surface area contributed by atoms with Crippen molar-refractivity contribution in [3.8, 4) is 0 Å². The van der Waals surface area contributed by atoms with E-state index >= 15 is 0 Å². The first-order valence-corrected chi connectivity index (χ1v) is 6.87. The van der Waals surface area contributed by atoms with E-state index in [1.54, 1.807) is 0 Å². The molecular formula is C14H22N4O4. The molecule has 0 saturated carbocycles. The predicted octanol–water partition coefficient (Wildman–Crippen LogP) is 0.552. The van der Waals surface area contributed by atoms with Gasteiger partial charge in [-0.3, -0.25) is 14.6 Å². The summed E-state index contributed by atoms with van der Waals surface area (Å²) in [4.78, 5) is 37.6. The lowest BCUT2D eigenvalue weighted by atomic mass is 10.2. The second-order valence-electron chi connectivity index (χ2n) is 4.21. The number of carbonyl (C=O) groups excluding carboxylic acids is 2. The summed E-state index contributed by atoms with van der Waals surface area (Å²) >= 11 is 0. The number of amides is 2. The molecular weight excluding hydrogens is 288 g/mol. The van der Waals surface area contributed by atoms with Crippen LogP contribution in [0.1, 0.15) is 31.1 Å². The number of primary amides is 1. The first-order chi connectivity index (χ1) is 10.3. The fourth-order valence-corrected chi connectivity index (χ4v) is 1.50. The molecule has 0 fully saturated rings. The van der Waals surface area contributed by atoms with Gasteiger partial charge in [-0.1, -0.05) is 20.8 Å². The summed E-state index contributed by atoms with van der Waals surface area (Å²) in [6, 6.07) is 1.23. The Labute approximate surface area is 129 Å². The molecule has 0 radical (unpaired) electrons. The molecule has 1 aromatic heterocycles. The van der Waals surface area contributed by atoms with Crippen molar-refractivity contribution in [3.05, 3.63) is 24.0 Å². The third-order valence-corrected chi connectivity index (χ3v) is 2.82. The first kappa shape index (κ1) is 19.5. The van der Waals surface area contributed by atoms with Gasteiger partial charge in [-0.25, -0.2) is 4.79 Å². The van der Waals surface area contributed by atoms with Gasteiger partial charge >= 0.3 is 11.9 Å². The first-order valence-electron chi connectivity index (χ1n) is 6.87. The van der Waals surface area contributed by atoms with Gasteiger partial charge in [0.15, 0.2) is 0 Å². The molecule has 8 nitrogen and oxygen atoms in total. The van der Waals surface area contributed by atoms with E-state index in [0.717, 1.165) is 0 Å². The van der Waals surface area contributed by atoms with E-state index < -0.39 is 17.8 Å². The number of nitrogens with one attached hydrogen (secondary N) is 1. The number of hydrogen-bond acceptors (Lipinski definition) is 5. The Morgan fingerprint density at radius 3 is 2.09 bits per heavy atom. The number of carbonyl (C=O) groups is 3. The Morgan fingerprint density at radius 1 is 1.18 bits per heavy atom. The molecule has 22 heavy (non-hydrogen) atoms. The Bertz CT molecular complexity index is 510. The standard InChI is InChI=1S/C8H7N3O4.C6H15N/c9-6(12)4-1-5(3-10-2-4)11-7(13)8(14)15;1-4-7(5-2)6-3/h1-3H,(H2,9,12)(H,11,13)(H,14,15);4-6H2,1-3H3. The van der Waals surface area contributed by atoms with Crippen molar-refractivity contribution < 1.29 is 19.5 Å². The minimum Gasteiger partial charge on any atom is -0.474 e. The summed E-state index contributed by atoms with van der Waals surface area (Å²) in [5.41, 5.74) is 5.14. The minimum atomic E-state index is -1.63. The van der Waals surface area contributed by atoms with Crippen LogP contribution in [-0.4, -0.2) is 52.4 Å². The quantitative estimate of drug-likeness (QED) is 0.682. The van der Waals surface area contributed by atoms with Crippen LogP contribution in [-0.2, 0) is 9.59 Å². The highest BCUT2D eigenvalue weighted by Gasteiger charge is 2.12. The fourth-order valence-electron chi connectivity index (χ4n) is 1.50. The molecule has 0 bridgehead atoms. The number of aromatic nitrogens is 1. The van der Waals surface area contributed by atoms with Crippen molar-refractivity contribution in [3.63, 3.8) is 0 Å². The van der Waals surface area contributed by atoms with Crippen LogP contribution in [0.2, 0.25) is 0 Å². The number of carboxylic acids is 1. The van der Waals surface area contributed by atoms with E-state index in [4.69, 9.17) is 10.8 Å². The van der Waals surface area contributed by atoms with Crippen LogP contribution in [0.3, 0.4) is 0 Å². The van der Waals surface area contributed by atoms with E-state index in [1.807, 2.05) is 5.32 Å². The number of hydrogen-bond donors (Lipinski definition) is 3. The molecule has 0 saturated heterocycles. The summed E-state index contributed by atoms with van der Waals surface area (Å²) < 4.78 is 0. The maximum Gasteiger partial charge on any atom is 0.394 e. The van der Waals surface area contributed by atoms with Gasteiger partial charge in [0.1, 0.15) is 0 Å². The predicted molar refractivity (Wildman–Crippen MR) is 82.5 cm³/mol. The van der Waals surface area contributed by atoms with E-state index in [-0.39, 0.29) is 11.3 Å². The Balaban J connectivity index is 0.000000534. The second kappa shape index (κ2) is 10.3. The lowest BCUT2D eigenvalue weighted by molar-refractivity contribution is -0.147. The normalized spacial score (nSPS) is 9.64. The number of rotatable bonds is 5. The Hall–Kier alpha value is -2.48. The highest BCUT2D eigenvalue weighted by Crippen LogP contribution is 2.07. The van der Waals surface area contributed by atoms with Crippen molar-refractivity contribution in [2.75, 3.05) is 25.0 Å². The van der Waals surface area contributed by atoms with Gasteiger partial charge in [-0.15, -0.1) is 0 Å². The van der Waals surface area contributed by atoms with Gasteiger partial charge in [-0.05, 0) is 25.7 Å². The molecule has 0 aromatic carbocycles. The lowest BCUT2D eigenvalue weighted by Crippen LogP contribution is -2.22. The number of aliphatic carboxylic acids is 1. The summed E-state index contributed by atoms with van der Waals surface area (Å²) in [6.07, 6.45) is 2.41. The third-order valence-electron chi connectivity index (χ3n) is 2.82. The maximum absolute atomic E-state index is 10.7. The number of carboxylic acid groups (broad SMARTS) is 1. The molecule has 8 heteroatoms. The molecule has 0 aliphatic carbocycles. The Morgan fingerprint density at radius 2 is 1.73 bits per heavy atom. The van der Waals surface area contributed by atoms with Crippen LogP contribution >= 0.6 is 0 Å². The van der Waals surface area contributed by atoms with Gasteiger partial charge in [0.2, 0.25) is 5.91 Å². The molecule has 0 unspecified atom stereocenters. The van der Waals surface area contributed by atoms with Crippen LogP contribution in [0.15, 0.2) is 18.5 Å². The molecule has 122 valence electrons. The van der Waals surface area contributed by atoms with Crippen molar-refractivity contribution in [1.82, 2.24) is 9.88 Å². The largest absolute Gasteiger partial charge is 0.474 e. The molecule has 1 aromatic rings. The summed E-state index contributed by atoms with van der Waals surface area (Å²) in [7, 11) is 0. The molecule has 0 aliphatic heterocycles. The monoisotopic (exact) mass is 310 g/mol. The van der Waals surface area contributed by atoms with Crippen LogP contribution in [0.25, 0.3) is 0 Å². The summed E-state index contributed by atoms with van der Waals surface area (Å²) in [5, 5.41) is 10.3. The van der Waals surface area contributed by atoms with Gasteiger partial charge in [-0.2, -0.15) is 0 Å². The number of pyridine rings is 1. The third kappa shape index (κ3) is 7.34. The van der Waals surface area contributed by atoms with Gasteiger partial charge in [0.25, 0.3) is 0 Å². The van der Waals surface area contributed by atoms with Crippen LogP contribution < -0.4 is 11.1 Å². The zero-order chi connectivity index (χ0) is 17.1. The number of nitrogens with two attached hydrogens (primary N) is 1. The van der Waals surface area contributed by atoms with Crippen molar-refractivity contribution in [2.24, 2.45) is 5.73 Å². The van der Waals surface area contributed by atoms with Crippen molar-refractivity contribution in [2.45, 2.75) is 20.8 Å². The van der Waals surface area contributed by atoms with Crippen molar-refractivity contribution >= 4 is 23.5 Å². The molecule has 4 N–H and O–H groups in total. The highest BCUT2D eigenvalue weighted by atomic mass is 16.4. The summed E-state index contributed by atoms with van der Waals surface area (Å²) in [6.45, 7) is 10.1. The average molecular weight is 310 g/mol. The Kier molecular flexibility index (Phi) is 9.12. The molecule has 0 atom stereocenters. The zero-order valence-electron chi connectivity index (χ0n) is 13.0. The van der Waals surface area contributed by atoms with Gasteiger partial charge < -0.3 is 21.1 Å². The highest BCUT2D eigenvalue weighted by molar-refractivity contribution is 6.36. The molecule has 1 rings (SSSR count). The zero-order valence-corrected chi connectivity index (χ0v) is 13.0. The molecule has 0 aliphatic rings. The smallest absolute Gasteiger partial charge is 0.394 e. The van der Waals surface area contributed by atoms with Crippen molar-refractivity contribution in [1.29, 1.82) is 0 Å². The molecule has 0 spiro atoms. The molecule has 2 amide bonds. The van der Waals surface area contributed by atoms with E-state index in [0.29, 0.717) is 0 Å².